The third-order valence-corrected chi connectivity index (χ3v) is 3.43. The van der Waals surface area contributed by atoms with Crippen molar-refractivity contribution in [2.45, 2.75) is 20.4 Å². The Hall–Kier alpha value is -1.19. The summed E-state index contributed by atoms with van der Waals surface area (Å²) in [6.07, 6.45) is 0. The third kappa shape index (κ3) is 1.94. The Bertz CT molecular complexity index is 474. The second-order valence-electron chi connectivity index (χ2n) is 3.53. The van der Waals surface area contributed by atoms with Gasteiger partial charge in [0.15, 0.2) is 0 Å². The maximum Gasteiger partial charge on any atom is 0.0904 e. The largest absolute Gasteiger partial charge is 0.325 e. The summed E-state index contributed by atoms with van der Waals surface area (Å²) in [4.78, 5) is 5.66. The third-order valence-electron chi connectivity index (χ3n) is 2.39. The first kappa shape index (κ1) is 10.3. The van der Waals surface area contributed by atoms with Gasteiger partial charge in [-0.05, 0) is 25.0 Å². The van der Waals surface area contributed by atoms with Crippen LogP contribution < -0.4 is 5.73 Å². The van der Waals surface area contributed by atoms with Crippen LogP contribution in [0, 0.1) is 13.8 Å². The topological polar surface area (TPSA) is 38.9 Å². The molecule has 0 aliphatic rings. The Morgan fingerprint density at radius 3 is 2.67 bits per heavy atom. The smallest absolute Gasteiger partial charge is 0.0904 e. The van der Waals surface area contributed by atoms with Crippen LogP contribution in [0.1, 0.15) is 16.3 Å². The lowest BCUT2D eigenvalue weighted by Crippen LogP contribution is -1.98. The average molecular weight is 218 g/mol. The van der Waals surface area contributed by atoms with Crippen LogP contribution in [0.3, 0.4) is 0 Å². The summed E-state index contributed by atoms with van der Waals surface area (Å²) in [6.45, 7) is 4.64. The highest BCUT2D eigenvalue weighted by Gasteiger charge is 2.10. The van der Waals surface area contributed by atoms with E-state index < -0.39 is 0 Å². The fraction of sp³-hybridized carbons (Fsp3) is 0.250. The Kier molecular flexibility index (Phi) is 2.84. The fourth-order valence-electron chi connectivity index (χ4n) is 1.65. The molecule has 0 aliphatic carbocycles. The van der Waals surface area contributed by atoms with Crippen LogP contribution >= 0.6 is 11.3 Å². The molecule has 0 bridgehead atoms. The molecule has 0 amide bonds. The highest BCUT2D eigenvalue weighted by molar-refractivity contribution is 7.15. The molecular weight excluding hydrogens is 204 g/mol. The zero-order valence-corrected chi connectivity index (χ0v) is 9.77. The van der Waals surface area contributed by atoms with E-state index in [0.717, 1.165) is 10.7 Å². The quantitative estimate of drug-likeness (QED) is 0.841. The van der Waals surface area contributed by atoms with Crippen molar-refractivity contribution >= 4 is 11.3 Å². The number of thiazole rings is 1. The molecule has 2 rings (SSSR count). The first-order valence-corrected chi connectivity index (χ1v) is 5.76. The van der Waals surface area contributed by atoms with Crippen molar-refractivity contribution in [3.63, 3.8) is 0 Å². The van der Waals surface area contributed by atoms with Crippen molar-refractivity contribution in [1.82, 2.24) is 4.98 Å². The van der Waals surface area contributed by atoms with E-state index >= 15 is 0 Å². The maximum absolute atomic E-state index is 5.70. The fourth-order valence-corrected chi connectivity index (χ4v) is 2.68. The molecular formula is C12H14N2S. The SMILES string of the molecule is Cc1nc(CN)c(-c2ccccc2C)s1. The molecule has 78 valence electrons. The van der Waals surface area contributed by atoms with Crippen LogP contribution in [0.25, 0.3) is 10.4 Å². The van der Waals surface area contributed by atoms with E-state index in [2.05, 4.69) is 36.2 Å². The minimum Gasteiger partial charge on any atom is -0.325 e. The lowest BCUT2D eigenvalue weighted by molar-refractivity contribution is 1.00. The Balaban J connectivity index is 2.58. The lowest BCUT2D eigenvalue weighted by atomic mass is 10.1. The van der Waals surface area contributed by atoms with E-state index in [-0.39, 0.29) is 0 Å². The van der Waals surface area contributed by atoms with Gasteiger partial charge >= 0.3 is 0 Å². The first-order chi connectivity index (χ1) is 7.22. The van der Waals surface area contributed by atoms with Gasteiger partial charge in [0.2, 0.25) is 0 Å². The summed E-state index contributed by atoms with van der Waals surface area (Å²) in [5.74, 6) is 0. The van der Waals surface area contributed by atoms with Gasteiger partial charge in [0, 0.05) is 6.54 Å². The number of hydrogen-bond acceptors (Lipinski definition) is 3. The monoisotopic (exact) mass is 218 g/mol. The molecule has 0 fully saturated rings. The van der Waals surface area contributed by atoms with Gasteiger partial charge in [0.25, 0.3) is 0 Å². The van der Waals surface area contributed by atoms with Crippen LogP contribution in [-0.2, 0) is 6.54 Å². The molecule has 2 N–H and O–H groups in total. The van der Waals surface area contributed by atoms with E-state index in [1.807, 2.05) is 6.92 Å². The van der Waals surface area contributed by atoms with E-state index in [4.69, 9.17) is 5.73 Å². The summed E-state index contributed by atoms with van der Waals surface area (Å²) in [5.41, 5.74) is 9.23. The number of benzene rings is 1. The standard InChI is InChI=1S/C12H14N2S/c1-8-5-3-4-6-10(8)12-11(7-13)14-9(2)15-12/h3-6H,7,13H2,1-2H3. The average Bonchev–Trinajstić information content (AvgIpc) is 2.60. The molecule has 0 aliphatic heterocycles. The van der Waals surface area contributed by atoms with Crippen molar-refractivity contribution in [1.29, 1.82) is 0 Å². The molecule has 0 saturated heterocycles. The number of nitrogens with zero attached hydrogens (tertiary/aromatic N) is 1. The molecule has 0 saturated carbocycles. The van der Waals surface area contributed by atoms with Crippen molar-refractivity contribution in [3.8, 4) is 10.4 Å². The van der Waals surface area contributed by atoms with E-state index in [1.54, 1.807) is 11.3 Å². The number of hydrogen-bond donors (Lipinski definition) is 1. The van der Waals surface area contributed by atoms with Crippen molar-refractivity contribution in [3.05, 3.63) is 40.5 Å². The molecule has 1 aromatic heterocycles. The molecule has 3 heteroatoms. The van der Waals surface area contributed by atoms with Crippen LogP contribution in [-0.4, -0.2) is 4.98 Å². The summed E-state index contributed by atoms with van der Waals surface area (Å²) < 4.78 is 0. The highest BCUT2D eigenvalue weighted by Crippen LogP contribution is 2.31. The van der Waals surface area contributed by atoms with Gasteiger partial charge in [-0.15, -0.1) is 11.3 Å². The molecule has 1 aromatic carbocycles. The minimum atomic E-state index is 0.508. The van der Waals surface area contributed by atoms with Crippen LogP contribution in [0.5, 0.6) is 0 Å². The summed E-state index contributed by atoms with van der Waals surface area (Å²) in [6, 6.07) is 8.35. The number of aryl methyl sites for hydroxylation is 2. The van der Waals surface area contributed by atoms with Crippen molar-refractivity contribution in [2.24, 2.45) is 5.73 Å². The molecule has 0 atom stereocenters. The van der Waals surface area contributed by atoms with Gasteiger partial charge in [-0.1, -0.05) is 24.3 Å². The van der Waals surface area contributed by atoms with Gasteiger partial charge in [-0.3, -0.25) is 0 Å². The molecule has 2 aromatic rings. The Morgan fingerprint density at radius 2 is 2.00 bits per heavy atom. The van der Waals surface area contributed by atoms with Crippen LogP contribution in [0.2, 0.25) is 0 Å². The number of aromatic nitrogens is 1. The summed E-state index contributed by atoms with van der Waals surface area (Å²) in [5, 5.41) is 1.08. The van der Waals surface area contributed by atoms with Crippen molar-refractivity contribution in [2.75, 3.05) is 0 Å². The van der Waals surface area contributed by atoms with E-state index in [0.29, 0.717) is 6.54 Å². The number of rotatable bonds is 2. The van der Waals surface area contributed by atoms with Crippen molar-refractivity contribution < 1.29 is 0 Å². The molecule has 1 heterocycles. The second kappa shape index (κ2) is 4.13. The van der Waals surface area contributed by atoms with E-state index in [9.17, 15) is 0 Å². The van der Waals surface area contributed by atoms with Gasteiger partial charge in [-0.25, -0.2) is 4.98 Å². The second-order valence-corrected chi connectivity index (χ2v) is 4.73. The summed E-state index contributed by atoms with van der Waals surface area (Å²) >= 11 is 1.72. The minimum absolute atomic E-state index is 0.508. The molecule has 0 unspecified atom stereocenters. The van der Waals surface area contributed by atoms with Crippen LogP contribution in [0.15, 0.2) is 24.3 Å². The molecule has 0 spiro atoms. The first-order valence-electron chi connectivity index (χ1n) is 4.94. The zero-order valence-electron chi connectivity index (χ0n) is 8.95. The number of nitrogens with two attached hydrogens (primary N) is 1. The lowest BCUT2D eigenvalue weighted by Gasteiger charge is -2.03. The van der Waals surface area contributed by atoms with E-state index in [1.165, 1.54) is 16.0 Å². The predicted molar refractivity (Wildman–Crippen MR) is 64.9 cm³/mol. The van der Waals surface area contributed by atoms with Gasteiger partial charge in [0.05, 0.1) is 15.6 Å². The molecule has 15 heavy (non-hydrogen) atoms. The van der Waals surface area contributed by atoms with Gasteiger partial charge in [-0.2, -0.15) is 0 Å². The normalized spacial score (nSPS) is 10.6. The van der Waals surface area contributed by atoms with Gasteiger partial charge in [0.1, 0.15) is 0 Å². The van der Waals surface area contributed by atoms with Crippen LogP contribution in [0.4, 0.5) is 0 Å². The Labute approximate surface area is 93.8 Å². The Morgan fingerprint density at radius 1 is 1.27 bits per heavy atom. The summed E-state index contributed by atoms with van der Waals surface area (Å²) in [7, 11) is 0. The maximum atomic E-state index is 5.70. The van der Waals surface area contributed by atoms with Gasteiger partial charge < -0.3 is 5.73 Å². The molecule has 2 nitrogen and oxygen atoms in total. The molecule has 0 radical (unpaired) electrons. The predicted octanol–water partition coefficient (Wildman–Crippen LogP) is 2.89. The zero-order chi connectivity index (χ0) is 10.8. The highest BCUT2D eigenvalue weighted by atomic mass is 32.1.